The lowest BCUT2D eigenvalue weighted by Crippen LogP contribution is -2.52. The number of aryl methyl sites for hydroxylation is 1. The summed E-state index contributed by atoms with van der Waals surface area (Å²) in [6, 6.07) is 15.2. The molecule has 12 heteroatoms. The second kappa shape index (κ2) is 14.7. The van der Waals surface area contributed by atoms with Gasteiger partial charge in [-0.05, 0) is 67.8 Å². The Labute approximate surface area is 255 Å². The van der Waals surface area contributed by atoms with E-state index in [2.05, 4.69) is 5.32 Å². The number of amides is 2. The van der Waals surface area contributed by atoms with Crippen LogP contribution in [0.3, 0.4) is 0 Å². The Morgan fingerprint density at radius 2 is 1.63 bits per heavy atom. The van der Waals surface area contributed by atoms with E-state index in [1.54, 1.807) is 50.2 Å². The fourth-order valence-corrected chi connectivity index (χ4v) is 5.95. The summed E-state index contributed by atoms with van der Waals surface area (Å²) in [7, 11) is -4.51. The number of rotatable bonds is 13. The first-order valence-corrected chi connectivity index (χ1v) is 15.7. The average Bonchev–Trinajstić information content (AvgIpc) is 2.96. The number of carbonyl (C=O) groups is 2. The molecule has 0 aliphatic heterocycles. The predicted octanol–water partition coefficient (Wildman–Crippen LogP) is 6.59. The van der Waals surface area contributed by atoms with Gasteiger partial charge in [0.1, 0.15) is 12.6 Å². The fraction of sp³-hybridized carbons (Fsp3) is 0.355. The van der Waals surface area contributed by atoms with Crippen LogP contribution in [-0.4, -0.2) is 44.3 Å². The Bertz CT molecular complexity index is 1500. The molecule has 7 nitrogen and oxygen atoms in total. The highest BCUT2D eigenvalue weighted by Gasteiger charge is 2.36. The standard InChI is InChI=1S/C31H35ClF3N3O4S/c1-4-6-18-36-30(40)28(5-2)37(20-23-12-14-25(32)15-13-23)29(39)21-38(26-9-7-8-24(19-26)31(33,34)35)43(41,42)27-16-10-22(3)11-17-27/h7-17,19,28H,4-6,18,20-21H2,1-3H3,(H,36,40)/t28-/m1/s1. The molecular weight excluding hydrogens is 603 g/mol. The van der Waals surface area contributed by atoms with Gasteiger partial charge in [0.2, 0.25) is 11.8 Å². The Kier molecular flexibility index (Phi) is 11.6. The van der Waals surface area contributed by atoms with Crippen molar-refractivity contribution in [1.29, 1.82) is 0 Å². The van der Waals surface area contributed by atoms with Crippen molar-refractivity contribution in [3.63, 3.8) is 0 Å². The predicted molar refractivity (Wildman–Crippen MR) is 161 cm³/mol. The molecule has 0 bridgehead atoms. The van der Waals surface area contributed by atoms with Gasteiger partial charge in [0.05, 0.1) is 16.1 Å². The van der Waals surface area contributed by atoms with Gasteiger partial charge in [-0.3, -0.25) is 13.9 Å². The Hall–Kier alpha value is -3.57. The molecule has 2 amide bonds. The van der Waals surface area contributed by atoms with Gasteiger partial charge in [0.25, 0.3) is 10.0 Å². The summed E-state index contributed by atoms with van der Waals surface area (Å²) >= 11 is 6.02. The van der Waals surface area contributed by atoms with Crippen LogP contribution in [0.1, 0.15) is 49.8 Å². The largest absolute Gasteiger partial charge is 0.416 e. The SMILES string of the molecule is CCCCNC(=O)[C@@H](CC)N(Cc1ccc(Cl)cc1)C(=O)CN(c1cccc(C(F)(F)F)c1)S(=O)(=O)c1ccc(C)cc1. The number of carbonyl (C=O) groups excluding carboxylic acids is 2. The number of hydrogen-bond donors (Lipinski definition) is 1. The third kappa shape index (κ3) is 8.96. The minimum absolute atomic E-state index is 0.0588. The van der Waals surface area contributed by atoms with Crippen LogP contribution < -0.4 is 9.62 Å². The molecule has 0 saturated heterocycles. The molecule has 0 aliphatic carbocycles. The van der Waals surface area contributed by atoms with Crippen LogP contribution in [0.25, 0.3) is 0 Å². The third-order valence-electron chi connectivity index (χ3n) is 6.83. The lowest BCUT2D eigenvalue weighted by molar-refractivity contribution is -0.140. The molecule has 0 radical (unpaired) electrons. The number of nitrogens with one attached hydrogen (secondary N) is 1. The molecule has 232 valence electrons. The van der Waals surface area contributed by atoms with Crippen LogP contribution in [0.5, 0.6) is 0 Å². The van der Waals surface area contributed by atoms with Crippen LogP contribution >= 0.6 is 11.6 Å². The number of anilines is 1. The highest BCUT2D eigenvalue weighted by atomic mass is 35.5. The fourth-order valence-electron chi connectivity index (χ4n) is 4.42. The van der Waals surface area contributed by atoms with E-state index in [1.807, 2.05) is 6.92 Å². The Morgan fingerprint density at radius 3 is 2.21 bits per heavy atom. The summed E-state index contributed by atoms with van der Waals surface area (Å²) in [5.41, 5.74) is -0.00354. The van der Waals surface area contributed by atoms with Crippen LogP contribution in [0.4, 0.5) is 18.9 Å². The maximum atomic E-state index is 14.0. The molecule has 1 atom stereocenters. The van der Waals surface area contributed by atoms with E-state index in [1.165, 1.54) is 23.1 Å². The average molecular weight is 638 g/mol. The number of halogens is 4. The molecular formula is C31H35ClF3N3O4S. The number of benzene rings is 3. The minimum atomic E-state index is -4.75. The number of unbranched alkanes of at least 4 members (excludes halogenated alkanes) is 1. The molecule has 3 aromatic rings. The van der Waals surface area contributed by atoms with Crippen LogP contribution in [0, 0.1) is 6.92 Å². The van der Waals surface area contributed by atoms with E-state index >= 15 is 0 Å². The number of nitrogens with zero attached hydrogens (tertiary/aromatic N) is 2. The van der Waals surface area contributed by atoms with Crippen molar-refractivity contribution in [3.05, 3.63) is 94.5 Å². The van der Waals surface area contributed by atoms with Gasteiger partial charge in [-0.2, -0.15) is 13.2 Å². The molecule has 0 unspecified atom stereocenters. The Morgan fingerprint density at radius 1 is 0.977 bits per heavy atom. The topological polar surface area (TPSA) is 86.8 Å². The van der Waals surface area contributed by atoms with Gasteiger partial charge in [0, 0.05) is 18.1 Å². The molecule has 3 rings (SSSR count). The zero-order chi connectivity index (χ0) is 31.8. The molecule has 0 heterocycles. The normalized spacial score (nSPS) is 12.4. The van der Waals surface area contributed by atoms with Crippen molar-refractivity contribution in [1.82, 2.24) is 10.2 Å². The zero-order valence-corrected chi connectivity index (χ0v) is 25.8. The number of hydrogen-bond acceptors (Lipinski definition) is 4. The van der Waals surface area contributed by atoms with Crippen molar-refractivity contribution in [3.8, 4) is 0 Å². The lowest BCUT2D eigenvalue weighted by atomic mass is 10.1. The Balaban J connectivity index is 2.09. The second-order valence-electron chi connectivity index (χ2n) is 10.1. The van der Waals surface area contributed by atoms with Gasteiger partial charge >= 0.3 is 6.18 Å². The van der Waals surface area contributed by atoms with Crippen LogP contribution in [0.15, 0.2) is 77.7 Å². The number of sulfonamides is 1. The number of alkyl halides is 3. The first-order valence-electron chi connectivity index (χ1n) is 13.9. The van der Waals surface area contributed by atoms with Crippen molar-refractivity contribution in [2.75, 3.05) is 17.4 Å². The van der Waals surface area contributed by atoms with E-state index in [9.17, 15) is 31.2 Å². The maximum Gasteiger partial charge on any atom is 0.416 e. The van der Waals surface area contributed by atoms with E-state index in [0.717, 1.165) is 30.5 Å². The molecule has 43 heavy (non-hydrogen) atoms. The van der Waals surface area contributed by atoms with Crippen molar-refractivity contribution in [2.24, 2.45) is 0 Å². The summed E-state index contributed by atoms with van der Waals surface area (Å²) in [4.78, 5) is 28.3. The van der Waals surface area contributed by atoms with Crippen molar-refractivity contribution >= 4 is 39.1 Å². The van der Waals surface area contributed by atoms with E-state index < -0.39 is 46.2 Å². The summed E-state index contributed by atoms with van der Waals surface area (Å²) < 4.78 is 69.3. The van der Waals surface area contributed by atoms with E-state index in [0.29, 0.717) is 27.5 Å². The minimum Gasteiger partial charge on any atom is -0.354 e. The monoisotopic (exact) mass is 637 g/mol. The zero-order valence-electron chi connectivity index (χ0n) is 24.2. The maximum absolute atomic E-state index is 14.0. The molecule has 0 saturated carbocycles. The third-order valence-corrected chi connectivity index (χ3v) is 8.87. The smallest absolute Gasteiger partial charge is 0.354 e. The molecule has 0 spiro atoms. The molecule has 0 fully saturated rings. The second-order valence-corrected chi connectivity index (χ2v) is 12.4. The molecule has 0 aliphatic rings. The molecule has 0 aromatic heterocycles. The van der Waals surface area contributed by atoms with E-state index in [-0.39, 0.29) is 23.5 Å². The first kappa shape index (κ1) is 33.9. The van der Waals surface area contributed by atoms with Crippen LogP contribution in [0.2, 0.25) is 5.02 Å². The van der Waals surface area contributed by atoms with E-state index in [4.69, 9.17) is 11.6 Å². The van der Waals surface area contributed by atoms with Crippen LogP contribution in [-0.2, 0) is 32.3 Å². The van der Waals surface area contributed by atoms with Gasteiger partial charge in [-0.1, -0.05) is 67.8 Å². The molecule has 1 N–H and O–H groups in total. The van der Waals surface area contributed by atoms with Gasteiger partial charge in [-0.25, -0.2) is 8.42 Å². The van der Waals surface area contributed by atoms with Gasteiger partial charge in [-0.15, -0.1) is 0 Å². The summed E-state index contributed by atoms with van der Waals surface area (Å²) in [6.07, 6.45) is -2.96. The summed E-state index contributed by atoms with van der Waals surface area (Å²) in [6.45, 7) is 4.94. The van der Waals surface area contributed by atoms with Gasteiger partial charge in [0.15, 0.2) is 0 Å². The molecule has 3 aromatic carbocycles. The summed E-state index contributed by atoms with van der Waals surface area (Å²) in [5.74, 6) is -1.18. The van der Waals surface area contributed by atoms with Crippen molar-refractivity contribution in [2.45, 2.75) is 63.7 Å². The summed E-state index contributed by atoms with van der Waals surface area (Å²) in [5, 5.41) is 3.29. The lowest BCUT2D eigenvalue weighted by Gasteiger charge is -2.33. The quantitative estimate of drug-likeness (QED) is 0.214. The van der Waals surface area contributed by atoms with Crippen molar-refractivity contribution < 1.29 is 31.2 Å². The van der Waals surface area contributed by atoms with Gasteiger partial charge < -0.3 is 10.2 Å². The first-order chi connectivity index (χ1) is 20.3. The highest BCUT2D eigenvalue weighted by molar-refractivity contribution is 7.92. The highest BCUT2D eigenvalue weighted by Crippen LogP contribution is 2.33.